The fraction of sp³-hybridized carbons (Fsp3) is 0.562. The molecule has 0 radical (unpaired) electrons. The van der Waals surface area contributed by atoms with Gasteiger partial charge in [-0.05, 0) is 44.7 Å². The highest BCUT2D eigenvalue weighted by Crippen LogP contribution is 2.40. The van der Waals surface area contributed by atoms with Crippen molar-refractivity contribution < 1.29 is 18.5 Å². The van der Waals surface area contributed by atoms with E-state index in [1.807, 2.05) is 6.92 Å². The Hall–Kier alpha value is -2.15. The van der Waals surface area contributed by atoms with Crippen molar-refractivity contribution in [3.8, 4) is 0 Å². The number of furan rings is 1. The van der Waals surface area contributed by atoms with Crippen LogP contribution in [-0.2, 0) is 4.74 Å². The Morgan fingerprint density at radius 3 is 2.91 bits per heavy atom. The van der Waals surface area contributed by atoms with Gasteiger partial charge in [0.2, 0.25) is 0 Å². The van der Waals surface area contributed by atoms with Gasteiger partial charge in [0.05, 0.1) is 6.10 Å². The van der Waals surface area contributed by atoms with Crippen molar-refractivity contribution in [3.05, 3.63) is 35.4 Å². The zero-order valence-electron chi connectivity index (χ0n) is 13.2. The summed E-state index contributed by atoms with van der Waals surface area (Å²) in [5.41, 5.74) is 0. The molecule has 2 aliphatic rings. The second-order valence-corrected chi connectivity index (χ2v) is 6.29. The average molecular weight is 317 g/mol. The molecular weight excluding hydrogens is 298 g/mol. The minimum Gasteiger partial charge on any atom is -0.456 e. The molecule has 0 saturated carbocycles. The number of carbonyl (C=O) groups excluding carboxylic acids is 1. The Labute approximate surface area is 133 Å². The van der Waals surface area contributed by atoms with Crippen molar-refractivity contribution in [1.29, 1.82) is 0 Å². The van der Waals surface area contributed by atoms with Crippen molar-refractivity contribution in [2.45, 2.75) is 38.9 Å². The van der Waals surface area contributed by atoms with E-state index in [4.69, 9.17) is 13.7 Å². The molecule has 1 amide bonds. The molecule has 3 atom stereocenters. The second kappa shape index (κ2) is 5.49. The Bertz CT molecular complexity index is 722. The van der Waals surface area contributed by atoms with Gasteiger partial charge in [-0.1, -0.05) is 5.16 Å². The molecule has 0 aliphatic carbocycles. The highest BCUT2D eigenvalue weighted by atomic mass is 16.5. The highest BCUT2D eigenvalue weighted by Gasteiger charge is 2.43. The first-order valence-corrected chi connectivity index (χ1v) is 7.91. The van der Waals surface area contributed by atoms with Crippen LogP contribution in [0.3, 0.4) is 0 Å². The Kier molecular flexibility index (Phi) is 3.45. The van der Waals surface area contributed by atoms with E-state index in [1.165, 1.54) is 0 Å². The first-order chi connectivity index (χ1) is 11.1. The molecule has 0 spiro atoms. The van der Waals surface area contributed by atoms with Crippen LogP contribution in [-0.4, -0.2) is 40.1 Å². The molecule has 7 nitrogen and oxygen atoms in total. The Morgan fingerprint density at radius 2 is 2.22 bits per heavy atom. The maximum Gasteiger partial charge on any atom is 0.289 e. The maximum absolute atomic E-state index is 12.5. The van der Waals surface area contributed by atoms with Gasteiger partial charge in [-0.3, -0.25) is 4.79 Å². The van der Waals surface area contributed by atoms with Crippen molar-refractivity contribution in [2.75, 3.05) is 13.1 Å². The van der Waals surface area contributed by atoms with Crippen LogP contribution in [0.2, 0.25) is 0 Å². The van der Waals surface area contributed by atoms with Gasteiger partial charge in [0.25, 0.3) is 11.8 Å². The molecule has 4 heterocycles. The van der Waals surface area contributed by atoms with E-state index < -0.39 is 0 Å². The molecule has 2 aromatic heterocycles. The average Bonchev–Trinajstić information content (AvgIpc) is 3.24. The van der Waals surface area contributed by atoms with Gasteiger partial charge < -0.3 is 18.6 Å². The molecule has 0 bridgehead atoms. The number of hydrogen-bond donors (Lipinski definition) is 0. The smallest absolute Gasteiger partial charge is 0.289 e. The van der Waals surface area contributed by atoms with Crippen LogP contribution in [0.5, 0.6) is 0 Å². The van der Waals surface area contributed by atoms with Crippen LogP contribution in [0.15, 0.2) is 21.1 Å². The number of aromatic nitrogens is 2. The summed E-state index contributed by atoms with van der Waals surface area (Å²) >= 11 is 0. The number of hydrogen-bond acceptors (Lipinski definition) is 6. The van der Waals surface area contributed by atoms with Crippen LogP contribution < -0.4 is 0 Å². The van der Waals surface area contributed by atoms with Gasteiger partial charge in [0.1, 0.15) is 11.9 Å². The number of fused-ring (bicyclic) bond motifs is 1. The minimum atomic E-state index is -0.160. The summed E-state index contributed by atoms with van der Waals surface area (Å²) in [5, 5.41) is 3.82. The first-order valence-electron chi connectivity index (χ1n) is 7.91. The summed E-state index contributed by atoms with van der Waals surface area (Å²) in [5.74, 6) is 2.64. The van der Waals surface area contributed by atoms with Crippen LogP contribution in [0.1, 0.15) is 47.0 Å². The largest absolute Gasteiger partial charge is 0.456 e. The normalized spacial score (nSPS) is 27.2. The molecule has 0 unspecified atom stereocenters. The molecule has 2 saturated heterocycles. The van der Waals surface area contributed by atoms with Gasteiger partial charge >= 0.3 is 0 Å². The van der Waals surface area contributed by atoms with Gasteiger partial charge in [-0.2, -0.15) is 4.98 Å². The quantitative estimate of drug-likeness (QED) is 0.845. The Balaban J connectivity index is 1.44. The number of likely N-dealkylation sites (tertiary alicyclic amines) is 1. The van der Waals surface area contributed by atoms with Crippen molar-refractivity contribution in [2.24, 2.45) is 5.92 Å². The van der Waals surface area contributed by atoms with E-state index in [-0.39, 0.29) is 18.1 Å². The van der Waals surface area contributed by atoms with Crippen LogP contribution in [0, 0.1) is 19.8 Å². The predicted molar refractivity (Wildman–Crippen MR) is 78.7 cm³/mol. The lowest BCUT2D eigenvalue weighted by Gasteiger charge is -2.33. The van der Waals surface area contributed by atoms with Gasteiger partial charge in [0, 0.05) is 13.1 Å². The molecule has 0 aromatic carbocycles. The van der Waals surface area contributed by atoms with E-state index in [0.29, 0.717) is 29.9 Å². The van der Waals surface area contributed by atoms with E-state index >= 15 is 0 Å². The fourth-order valence-electron chi connectivity index (χ4n) is 3.42. The molecule has 7 heteroatoms. The summed E-state index contributed by atoms with van der Waals surface area (Å²) in [6, 6.07) is 3.53. The number of nitrogens with zero attached hydrogens (tertiary/aromatic N) is 3. The first kappa shape index (κ1) is 14.4. The predicted octanol–water partition coefficient (Wildman–Crippen LogP) is 2.27. The van der Waals surface area contributed by atoms with Crippen LogP contribution in [0.25, 0.3) is 0 Å². The standard InChI is InChI=1S/C16H19N3O4/c1-9-3-4-12(21-9)16(20)19-6-5-11-7-13(22-14(11)8-19)15-17-10(2)18-23-15/h3-4,11,13-14H,5-8H2,1-2H3/t11-,13+,14+/m1/s1. The monoisotopic (exact) mass is 317 g/mol. The minimum absolute atomic E-state index is 0.0148. The van der Waals surface area contributed by atoms with Crippen LogP contribution >= 0.6 is 0 Å². The zero-order valence-corrected chi connectivity index (χ0v) is 13.2. The molecule has 122 valence electrons. The number of aryl methyl sites for hydroxylation is 2. The summed E-state index contributed by atoms with van der Waals surface area (Å²) in [6.07, 6.45) is 1.64. The zero-order chi connectivity index (χ0) is 16.0. The van der Waals surface area contributed by atoms with Gasteiger partial charge in [0.15, 0.2) is 11.6 Å². The van der Waals surface area contributed by atoms with E-state index in [0.717, 1.165) is 25.1 Å². The second-order valence-electron chi connectivity index (χ2n) is 6.29. The lowest BCUT2D eigenvalue weighted by atomic mass is 9.91. The Morgan fingerprint density at radius 1 is 1.35 bits per heavy atom. The summed E-state index contributed by atoms with van der Waals surface area (Å²) < 4.78 is 16.7. The van der Waals surface area contributed by atoms with E-state index in [1.54, 1.807) is 24.0 Å². The SMILES string of the molecule is Cc1noc([C@@H]2C[C@H]3CCN(C(=O)c4ccc(C)o4)C[C@@H]3O2)n1. The summed E-state index contributed by atoms with van der Waals surface area (Å²) in [6.45, 7) is 4.92. The summed E-state index contributed by atoms with van der Waals surface area (Å²) in [4.78, 5) is 18.6. The lowest BCUT2D eigenvalue weighted by molar-refractivity contribution is -0.0143. The lowest BCUT2D eigenvalue weighted by Crippen LogP contribution is -2.45. The number of ether oxygens (including phenoxy) is 1. The number of piperidine rings is 1. The molecular formula is C16H19N3O4. The van der Waals surface area contributed by atoms with Crippen molar-refractivity contribution >= 4 is 5.91 Å². The van der Waals surface area contributed by atoms with E-state index in [2.05, 4.69) is 10.1 Å². The maximum atomic E-state index is 12.5. The molecule has 2 aromatic rings. The fourth-order valence-corrected chi connectivity index (χ4v) is 3.42. The number of rotatable bonds is 2. The summed E-state index contributed by atoms with van der Waals surface area (Å²) in [7, 11) is 0. The number of amides is 1. The third-order valence-corrected chi connectivity index (χ3v) is 4.61. The molecule has 4 rings (SSSR count). The van der Waals surface area contributed by atoms with E-state index in [9.17, 15) is 4.79 Å². The van der Waals surface area contributed by atoms with Crippen molar-refractivity contribution in [1.82, 2.24) is 15.0 Å². The van der Waals surface area contributed by atoms with Crippen LogP contribution in [0.4, 0.5) is 0 Å². The van der Waals surface area contributed by atoms with Gasteiger partial charge in [-0.25, -0.2) is 0 Å². The van der Waals surface area contributed by atoms with Gasteiger partial charge in [-0.15, -0.1) is 0 Å². The third kappa shape index (κ3) is 2.65. The third-order valence-electron chi connectivity index (χ3n) is 4.61. The molecule has 23 heavy (non-hydrogen) atoms. The molecule has 2 fully saturated rings. The topological polar surface area (TPSA) is 81.6 Å². The number of carbonyl (C=O) groups is 1. The highest BCUT2D eigenvalue weighted by molar-refractivity contribution is 5.91. The molecule has 2 aliphatic heterocycles. The molecule has 0 N–H and O–H groups in total. The van der Waals surface area contributed by atoms with Crippen molar-refractivity contribution in [3.63, 3.8) is 0 Å².